The first-order chi connectivity index (χ1) is 11.3. The van der Waals surface area contributed by atoms with E-state index < -0.39 is 0 Å². The number of rotatable bonds is 5. The zero-order valence-corrected chi connectivity index (χ0v) is 14.9. The van der Waals surface area contributed by atoms with Gasteiger partial charge in [0.1, 0.15) is 0 Å². The molecule has 0 saturated heterocycles. The summed E-state index contributed by atoms with van der Waals surface area (Å²) in [6.07, 6.45) is 0.999. The van der Waals surface area contributed by atoms with E-state index in [2.05, 4.69) is 15.7 Å². The third kappa shape index (κ3) is 4.22. The Morgan fingerprint density at radius 1 is 1.12 bits per heavy atom. The molecular weight excluding hydrogens is 304 g/mol. The predicted molar refractivity (Wildman–Crippen MR) is 95.1 cm³/mol. The Kier molecular flexibility index (Phi) is 5.39. The molecule has 1 aromatic heterocycles. The molecule has 2 amide bonds. The fraction of sp³-hybridized carbons (Fsp3) is 0.389. The van der Waals surface area contributed by atoms with Crippen molar-refractivity contribution in [2.45, 2.75) is 40.5 Å². The van der Waals surface area contributed by atoms with Gasteiger partial charge < -0.3 is 10.6 Å². The molecule has 1 heterocycles. The van der Waals surface area contributed by atoms with Crippen LogP contribution in [0.25, 0.3) is 0 Å². The van der Waals surface area contributed by atoms with Crippen LogP contribution in [0.4, 0.5) is 11.4 Å². The SMILES string of the molecule is CC(=O)Nc1ccc(C)cc1NC(=O)CCc1c(C)nn(C)c1C. The quantitative estimate of drug-likeness (QED) is 0.886. The number of nitrogens with one attached hydrogen (secondary N) is 2. The molecule has 0 saturated carbocycles. The Bertz CT molecular complexity index is 778. The topological polar surface area (TPSA) is 76.0 Å². The first kappa shape index (κ1) is 17.7. The predicted octanol–water partition coefficient (Wildman–Crippen LogP) is 2.88. The van der Waals surface area contributed by atoms with Crippen molar-refractivity contribution in [3.8, 4) is 0 Å². The maximum absolute atomic E-state index is 12.3. The van der Waals surface area contributed by atoms with E-state index in [4.69, 9.17) is 0 Å². The van der Waals surface area contributed by atoms with E-state index in [1.165, 1.54) is 6.92 Å². The average molecular weight is 328 g/mol. The maximum Gasteiger partial charge on any atom is 0.224 e. The summed E-state index contributed by atoms with van der Waals surface area (Å²) in [5.74, 6) is -0.259. The third-order valence-electron chi connectivity index (χ3n) is 4.02. The molecule has 0 aliphatic heterocycles. The normalized spacial score (nSPS) is 10.5. The lowest BCUT2D eigenvalue weighted by atomic mass is 10.1. The number of carbonyl (C=O) groups is 2. The van der Waals surface area contributed by atoms with E-state index in [-0.39, 0.29) is 11.8 Å². The maximum atomic E-state index is 12.3. The highest BCUT2D eigenvalue weighted by Crippen LogP contribution is 2.23. The van der Waals surface area contributed by atoms with Crippen LogP contribution in [-0.4, -0.2) is 21.6 Å². The molecule has 6 heteroatoms. The molecule has 1 aromatic carbocycles. The van der Waals surface area contributed by atoms with E-state index in [1.54, 1.807) is 6.07 Å². The highest BCUT2D eigenvalue weighted by atomic mass is 16.2. The van der Waals surface area contributed by atoms with Crippen LogP contribution in [0.2, 0.25) is 0 Å². The molecule has 2 rings (SSSR count). The summed E-state index contributed by atoms with van der Waals surface area (Å²) < 4.78 is 1.83. The number of nitrogens with zero attached hydrogens (tertiary/aromatic N) is 2. The lowest BCUT2D eigenvalue weighted by Crippen LogP contribution is -2.16. The third-order valence-corrected chi connectivity index (χ3v) is 4.02. The van der Waals surface area contributed by atoms with Crippen molar-refractivity contribution in [3.05, 3.63) is 40.7 Å². The Morgan fingerprint density at radius 2 is 1.83 bits per heavy atom. The summed E-state index contributed by atoms with van der Waals surface area (Å²) in [5, 5.41) is 9.99. The zero-order chi connectivity index (χ0) is 17.9. The van der Waals surface area contributed by atoms with Crippen LogP contribution in [-0.2, 0) is 23.1 Å². The second-order valence-electron chi connectivity index (χ2n) is 6.05. The summed E-state index contributed by atoms with van der Waals surface area (Å²) >= 11 is 0. The van der Waals surface area contributed by atoms with Crippen molar-refractivity contribution in [3.63, 3.8) is 0 Å². The fourth-order valence-corrected chi connectivity index (χ4v) is 2.69. The Morgan fingerprint density at radius 3 is 2.42 bits per heavy atom. The van der Waals surface area contributed by atoms with E-state index >= 15 is 0 Å². The molecule has 0 atom stereocenters. The molecule has 2 aromatic rings. The van der Waals surface area contributed by atoms with Gasteiger partial charge in [0, 0.05) is 26.1 Å². The van der Waals surface area contributed by atoms with Crippen LogP contribution in [0.5, 0.6) is 0 Å². The van der Waals surface area contributed by atoms with E-state index in [9.17, 15) is 9.59 Å². The van der Waals surface area contributed by atoms with Gasteiger partial charge in [-0.2, -0.15) is 5.10 Å². The zero-order valence-electron chi connectivity index (χ0n) is 14.9. The number of carbonyl (C=O) groups excluding carboxylic acids is 2. The number of aromatic nitrogens is 2. The van der Waals surface area contributed by atoms with E-state index in [0.29, 0.717) is 24.2 Å². The van der Waals surface area contributed by atoms with Crippen molar-refractivity contribution in [1.29, 1.82) is 0 Å². The van der Waals surface area contributed by atoms with Gasteiger partial charge in [0.15, 0.2) is 0 Å². The minimum atomic E-state index is -0.170. The average Bonchev–Trinajstić information content (AvgIpc) is 2.72. The summed E-state index contributed by atoms with van der Waals surface area (Å²) in [7, 11) is 1.90. The molecule has 0 aliphatic rings. The fourth-order valence-electron chi connectivity index (χ4n) is 2.69. The molecule has 6 nitrogen and oxygen atoms in total. The molecule has 0 unspecified atom stereocenters. The van der Waals surface area contributed by atoms with Crippen molar-refractivity contribution in [2.24, 2.45) is 7.05 Å². The highest BCUT2D eigenvalue weighted by molar-refractivity contribution is 5.99. The second-order valence-corrected chi connectivity index (χ2v) is 6.05. The van der Waals surface area contributed by atoms with Crippen molar-refractivity contribution in [2.75, 3.05) is 10.6 Å². The van der Waals surface area contributed by atoms with Crippen LogP contribution in [0.15, 0.2) is 18.2 Å². The van der Waals surface area contributed by atoms with Gasteiger partial charge in [-0.1, -0.05) is 6.07 Å². The minimum Gasteiger partial charge on any atom is -0.325 e. The first-order valence-corrected chi connectivity index (χ1v) is 7.95. The van der Waals surface area contributed by atoms with Gasteiger partial charge in [-0.15, -0.1) is 0 Å². The van der Waals surface area contributed by atoms with Crippen molar-refractivity contribution < 1.29 is 9.59 Å². The Balaban J connectivity index is 2.07. The number of amides is 2. The summed E-state index contributed by atoms with van der Waals surface area (Å²) in [6, 6.07) is 5.54. The highest BCUT2D eigenvalue weighted by Gasteiger charge is 2.13. The molecule has 0 bridgehead atoms. The van der Waals surface area contributed by atoms with E-state index in [1.807, 2.05) is 44.6 Å². The number of hydrogen-bond donors (Lipinski definition) is 2. The van der Waals surface area contributed by atoms with Gasteiger partial charge in [-0.05, 0) is 50.5 Å². The molecule has 0 radical (unpaired) electrons. The smallest absolute Gasteiger partial charge is 0.224 e. The van der Waals surface area contributed by atoms with E-state index in [0.717, 1.165) is 22.5 Å². The van der Waals surface area contributed by atoms with Gasteiger partial charge in [0.05, 0.1) is 17.1 Å². The van der Waals surface area contributed by atoms with Gasteiger partial charge >= 0.3 is 0 Å². The molecule has 128 valence electrons. The summed E-state index contributed by atoms with van der Waals surface area (Å²) in [6.45, 7) is 7.34. The molecule has 0 aliphatic carbocycles. The van der Waals surface area contributed by atoms with Crippen molar-refractivity contribution in [1.82, 2.24) is 9.78 Å². The molecular formula is C18H24N4O2. The van der Waals surface area contributed by atoms with Crippen LogP contribution < -0.4 is 10.6 Å². The number of aryl methyl sites for hydroxylation is 3. The van der Waals surface area contributed by atoms with Crippen LogP contribution in [0.3, 0.4) is 0 Å². The number of benzene rings is 1. The first-order valence-electron chi connectivity index (χ1n) is 7.95. The molecule has 2 N–H and O–H groups in total. The van der Waals surface area contributed by atoms with Crippen molar-refractivity contribution >= 4 is 23.2 Å². The summed E-state index contributed by atoms with van der Waals surface area (Å²) in [4.78, 5) is 23.6. The van der Waals surface area contributed by atoms with Crippen LogP contribution in [0, 0.1) is 20.8 Å². The molecule has 0 spiro atoms. The number of hydrogen-bond acceptors (Lipinski definition) is 3. The number of anilines is 2. The molecule has 0 fully saturated rings. The van der Waals surface area contributed by atoms with Crippen LogP contribution >= 0.6 is 0 Å². The minimum absolute atomic E-state index is 0.0881. The summed E-state index contributed by atoms with van der Waals surface area (Å²) in [5.41, 5.74) is 5.38. The Hall–Kier alpha value is -2.63. The van der Waals surface area contributed by atoms with Gasteiger partial charge in [-0.3, -0.25) is 14.3 Å². The largest absolute Gasteiger partial charge is 0.325 e. The van der Waals surface area contributed by atoms with Crippen LogP contribution in [0.1, 0.15) is 35.9 Å². The van der Waals surface area contributed by atoms with Gasteiger partial charge in [0.25, 0.3) is 0 Å². The molecule has 24 heavy (non-hydrogen) atoms. The lowest BCUT2D eigenvalue weighted by molar-refractivity contribution is -0.116. The second kappa shape index (κ2) is 7.29. The monoisotopic (exact) mass is 328 g/mol. The van der Waals surface area contributed by atoms with Gasteiger partial charge in [-0.25, -0.2) is 0 Å². The standard InChI is InChI=1S/C18H24N4O2/c1-11-6-8-16(19-14(4)23)17(10-11)20-18(24)9-7-15-12(2)21-22(5)13(15)3/h6,8,10H,7,9H2,1-5H3,(H,19,23)(H,20,24). The lowest BCUT2D eigenvalue weighted by Gasteiger charge is -2.12. The van der Waals surface area contributed by atoms with Gasteiger partial charge in [0.2, 0.25) is 11.8 Å². The Labute approximate surface area is 142 Å².